The summed E-state index contributed by atoms with van der Waals surface area (Å²) in [7, 11) is 0. The van der Waals surface area contributed by atoms with Crippen LogP contribution >= 0.6 is 0 Å². The van der Waals surface area contributed by atoms with Crippen LogP contribution in [0.1, 0.15) is 38.4 Å². The van der Waals surface area contributed by atoms with Gasteiger partial charge in [-0.05, 0) is 44.4 Å². The summed E-state index contributed by atoms with van der Waals surface area (Å²) < 4.78 is 46.1. The third-order valence-corrected chi connectivity index (χ3v) is 4.39. The predicted molar refractivity (Wildman–Crippen MR) is 100 cm³/mol. The molecule has 0 spiro atoms. The average Bonchev–Trinajstić information content (AvgIpc) is 2.65. The monoisotopic (exact) mass is 403 g/mol. The van der Waals surface area contributed by atoms with Gasteiger partial charge in [-0.15, -0.1) is 13.2 Å². The van der Waals surface area contributed by atoms with Crippen LogP contribution in [-0.2, 0) is 4.74 Å². The highest BCUT2D eigenvalue weighted by atomic mass is 19.4. The molecule has 1 saturated heterocycles. The van der Waals surface area contributed by atoms with E-state index in [1.165, 1.54) is 24.3 Å². The number of nitrogens with one attached hydrogen (secondary N) is 1. The number of halogens is 3. The Morgan fingerprint density at radius 1 is 1.25 bits per heavy atom. The molecule has 0 bridgehead atoms. The zero-order chi connectivity index (χ0) is 20.6. The van der Waals surface area contributed by atoms with Crippen LogP contribution in [0.15, 0.2) is 29.3 Å². The van der Waals surface area contributed by atoms with Crippen molar-refractivity contribution in [3.63, 3.8) is 0 Å². The quantitative estimate of drug-likeness (QED) is 0.541. The van der Waals surface area contributed by atoms with Gasteiger partial charge in [0.15, 0.2) is 5.96 Å². The first-order chi connectivity index (χ1) is 13.3. The first-order valence-corrected chi connectivity index (χ1v) is 9.51. The Morgan fingerprint density at radius 3 is 2.43 bits per heavy atom. The average molecular weight is 403 g/mol. The van der Waals surface area contributed by atoms with Gasteiger partial charge in [0.1, 0.15) is 5.75 Å². The molecule has 6 nitrogen and oxygen atoms in total. The van der Waals surface area contributed by atoms with Crippen LogP contribution in [0.3, 0.4) is 0 Å². The SMILES string of the molecule is CCNC(=NCC(O)c1ccc(OC(F)(F)F)cc1)N1CCC(OCC)CC1. The third-order valence-electron chi connectivity index (χ3n) is 4.39. The molecule has 0 amide bonds. The maximum Gasteiger partial charge on any atom is 0.573 e. The van der Waals surface area contributed by atoms with Crippen molar-refractivity contribution < 1.29 is 27.8 Å². The summed E-state index contributed by atoms with van der Waals surface area (Å²) >= 11 is 0. The molecule has 1 atom stereocenters. The predicted octanol–water partition coefficient (Wildman–Crippen LogP) is 3.09. The van der Waals surface area contributed by atoms with Gasteiger partial charge in [-0.1, -0.05) is 12.1 Å². The zero-order valence-corrected chi connectivity index (χ0v) is 16.2. The molecule has 1 fully saturated rings. The highest BCUT2D eigenvalue weighted by molar-refractivity contribution is 5.80. The van der Waals surface area contributed by atoms with E-state index in [2.05, 4.69) is 19.9 Å². The summed E-state index contributed by atoms with van der Waals surface area (Å²) in [5.41, 5.74) is 0.476. The Balaban J connectivity index is 1.94. The second kappa shape index (κ2) is 10.5. The molecule has 1 unspecified atom stereocenters. The van der Waals surface area contributed by atoms with Crippen molar-refractivity contribution in [3.8, 4) is 5.75 Å². The fourth-order valence-electron chi connectivity index (χ4n) is 3.07. The lowest BCUT2D eigenvalue weighted by Crippen LogP contribution is -2.47. The largest absolute Gasteiger partial charge is 0.573 e. The van der Waals surface area contributed by atoms with Crippen molar-refractivity contribution in [2.24, 2.45) is 4.99 Å². The molecule has 0 aliphatic carbocycles. The standard InChI is InChI=1S/C19H28F3N3O3/c1-3-23-18(25-11-9-15(10-12-25)27-4-2)24-13-17(26)14-5-7-16(8-6-14)28-19(20,21)22/h5-8,15,17,26H,3-4,9-13H2,1-2H3,(H,23,24). The summed E-state index contributed by atoms with van der Waals surface area (Å²) in [6.45, 7) is 7.10. The van der Waals surface area contributed by atoms with Crippen molar-refractivity contribution in [1.82, 2.24) is 10.2 Å². The molecule has 1 aliphatic rings. The summed E-state index contributed by atoms with van der Waals surface area (Å²) in [5, 5.41) is 13.6. The molecule has 158 valence electrons. The second-order valence-corrected chi connectivity index (χ2v) is 6.47. The molecule has 0 saturated carbocycles. The van der Waals surface area contributed by atoms with Crippen LogP contribution in [0.2, 0.25) is 0 Å². The molecule has 0 radical (unpaired) electrons. The van der Waals surface area contributed by atoms with Crippen LogP contribution in [0.25, 0.3) is 0 Å². The minimum Gasteiger partial charge on any atom is -0.406 e. The molecule has 1 aliphatic heterocycles. The molecule has 2 N–H and O–H groups in total. The van der Waals surface area contributed by atoms with E-state index in [-0.39, 0.29) is 18.4 Å². The Kier molecular flexibility index (Phi) is 8.37. The van der Waals surface area contributed by atoms with Crippen LogP contribution in [0.5, 0.6) is 5.75 Å². The molecule has 1 heterocycles. The topological polar surface area (TPSA) is 66.3 Å². The smallest absolute Gasteiger partial charge is 0.406 e. The van der Waals surface area contributed by atoms with Gasteiger partial charge in [-0.2, -0.15) is 0 Å². The Bertz CT molecular complexity index is 615. The van der Waals surface area contributed by atoms with Crippen molar-refractivity contribution in [1.29, 1.82) is 0 Å². The number of aliphatic hydroxyl groups is 1. The summed E-state index contributed by atoms with van der Waals surface area (Å²) in [5.74, 6) is 0.394. The fourth-order valence-corrected chi connectivity index (χ4v) is 3.07. The van der Waals surface area contributed by atoms with Crippen molar-refractivity contribution in [3.05, 3.63) is 29.8 Å². The lowest BCUT2D eigenvalue weighted by molar-refractivity contribution is -0.274. The van der Waals surface area contributed by atoms with E-state index in [0.717, 1.165) is 25.9 Å². The lowest BCUT2D eigenvalue weighted by atomic mass is 10.1. The van der Waals surface area contributed by atoms with Crippen LogP contribution in [0, 0.1) is 0 Å². The van der Waals surface area contributed by atoms with Gasteiger partial charge < -0.3 is 24.8 Å². The van der Waals surface area contributed by atoms with Crippen molar-refractivity contribution in [2.45, 2.75) is 45.3 Å². The molecule has 28 heavy (non-hydrogen) atoms. The number of aliphatic hydroxyl groups excluding tert-OH is 1. The van der Waals surface area contributed by atoms with Gasteiger partial charge in [-0.3, -0.25) is 4.99 Å². The summed E-state index contributed by atoms with van der Waals surface area (Å²) in [4.78, 5) is 6.63. The first-order valence-electron chi connectivity index (χ1n) is 9.51. The molecule has 1 aromatic carbocycles. The van der Waals surface area contributed by atoms with E-state index in [1.807, 2.05) is 13.8 Å². The van der Waals surface area contributed by atoms with E-state index >= 15 is 0 Å². The molecule has 9 heteroatoms. The van der Waals surface area contributed by atoms with E-state index in [1.54, 1.807) is 0 Å². The van der Waals surface area contributed by atoms with E-state index in [9.17, 15) is 18.3 Å². The number of rotatable bonds is 7. The first kappa shape index (κ1) is 22.3. The molecular weight excluding hydrogens is 375 g/mol. The number of guanidine groups is 1. The number of ether oxygens (including phenoxy) is 2. The Hall–Kier alpha value is -2.00. The van der Waals surface area contributed by atoms with Crippen LogP contribution < -0.4 is 10.1 Å². The summed E-state index contributed by atoms with van der Waals surface area (Å²) in [6.07, 6.45) is -3.55. The number of nitrogens with zero attached hydrogens (tertiary/aromatic N) is 2. The van der Waals surface area contributed by atoms with Gasteiger partial charge in [0.25, 0.3) is 0 Å². The van der Waals surface area contributed by atoms with Gasteiger partial charge in [0.2, 0.25) is 0 Å². The third kappa shape index (κ3) is 7.20. The maximum atomic E-state index is 12.2. The number of alkyl halides is 3. The Labute approximate surface area is 163 Å². The number of hydrogen-bond donors (Lipinski definition) is 2. The normalized spacial score (nSPS) is 17.5. The number of benzene rings is 1. The van der Waals surface area contributed by atoms with Crippen molar-refractivity contribution >= 4 is 5.96 Å². The highest BCUT2D eigenvalue weighted by Gasteiger charge is 2.31. The maximum absolute atomic E-state index is 12.2. The highest BCUT2D eigenvalue weighted by Crippen LogP contribution is 2.24. The molecule has 2 rings (SSSR count). The Morgan fingerprint density at radius 2 is 1.89 bits per heavy atom. The number of likely N-dealkylation sites (tertiary alicyclic amines) is 1. The number of piperidine rings is 1. The van der Waals surface area contributed by atoms with E-state index < -0.39 is 12.5 Å². The number of hydrogen-bond acceptors (Lipinski definition) is 4. The lowest BCUT2D eigenvalue weighted by Gasteiger charge is -2.34. The molecular formula is C19H28F3N3O3. The van der Waals surface area contributed by atoms with Crippen LogP contribution in [-0.4, -0.2) is 61.2 Å². The van der Waals surface area contributed by atoms with Gasteiger partial charge >= 0.3 is 6.36 Å². The van der Waals surface area contributed by atoms with Gasteiger partial charge in [0.05, 0.1) is 18.8 Å². The second-order valence-electron chi connectivity index (χ2n) is 6.47. The van der Waals surface area contributed by atoms with Gasteiger partial charge in [0, 0.05) is 26.2 Å². The zero-order valence-electron chi connectivity index (χ0n) is 16.2. The molecule has 1 aromatic rings. The van der Waals surface area contributed by atoms with E-state index in [0.29, 0.717) is 24.7 Å². The van der Waals surface area contributed by atoms with Gasteiger partial charge in [-0.25, -0.2) is 0 Å². The van der Waals surface area contributed by atoms with Crippen molar-refractivity contribution in [2.75, 3.05) is 32.8 Å². The number of aliphatic imine (C=N–C) groups is 1. The van der Waals surface area contributed by atoms with E-state index in [4.69, 9.17) is 4.74 Å². The summed E-state index contributed by atoms with van der Waals surface area (Å²) in [6, 6.07) is 5.17. The minimum absolute atomic E-state index is 0.104. The minimum atomic E-state index is -4.74. The van der Waals surface area contributed by atoms with Crippen LogP contribution in [0.4, 0.5) is 13.2 Å². The molecule has 0 aromatic heterocycles. The fraction of sp³-hybridized carbons (Fsp3) is 0.632.